The summed E-state index contributed by atoms with van der Waals surface area (Å²) in [6, 6.07) is 4.87. The zero-order chi connectivity index (χ0) is 16.4. The summed E-state index contributed by atoms with van der Waals surface area (Å²) in [5, 5.41) is 23.2. The van der Waals surface area contributed by atoms with Gasteiger partial charge in [-0.3, -0.25) is 14.9 Å². The first-order valence-corrected chi connectivity index (χ1v) is 8.76. The molecule has 0 aliphatic rings. The number of halogens is 1. The molecule has 122 valence electrons. The molecule has 0 fully saturated rings. The van der Waals surface area contributed by atoms with Crippen molar-refractivity contribution < 1.29 is 14.8 Å². The van der Waals surface area contributed by atoms with Gasteiger partial charge < -0.3 is 10.4 Å². The van der Waals surface area contributed by atoms with E-state index in [0.717, 1.165) is 31.4 Å². The quantitative estimate of drug-likeness (QED) is 0.189. The van der Waals surface area contributed by atoms with E-state index in [4.69, 9.17) is 5.11 Å². The number of carbonyl (C=O) groups excluding carboxylic acids is 1. The topological polar surface area (TPSA) is 92.5 Å². The maximum absolute atomic E-state index is 11.1. The number of rotatable bonds is 11. The summed E-state index contributed by atoms with van der Waals surface area (Å²) < 4.78 is 0.582. The van der Waals surface area contributed by atoms with Gasteiger partial charge in [0.05, 0.1) is 21.5 Å². The number of nitro benzene ring substituents is 1. The SMILES string of the molecule is O=C(CI)CCCCCNCc1ccc(CO)c([N+](=O)[O-])c1. The van der Waals surface area contributed by atoms with E-state index in [1.54, 1.807) is 12.1 Å². The van der Waals surface area contributed by atoms with Crippen LogP contribution in [0, 0.1) is 10.1 Å². The highest BCUT2D eigenvalue weighted by atomic mass is 127. The predicted octanol–water partition coefficient (Wildman–Crippen LogP) is 2.74. The van der Waals surface area contributed by atoms with Crippen LogP contribution in [0.3, 0.4) is 0 Å². The normalized spacial score (nSPS) is 10.6. The fourth-order valence-electron chi connectivity index (χ4n) is 2.07. The van der Waals surface area contributed by atoms with Crippen molar-refractivity contribution in [2.45, 2.75) is 38.8 Å². The first kappa shape index (κ1) is 19.0. The van der Waals surface area contributed by atoms with Gasteiger partial charge in [0.25, 0.3) is 5.69 Å². The third-order valence-corrected chi connectivity index (χ3v) is 4.15. The molecule has 0 amide bonds. The fourth-order valence-corrected chi connectivity index (χ4v) is 2.45. The Morgan fingerprint density at radius 1 is 1.32 bits per heavy atom. The number of carbonyl (C=O) groups is 1. The Labute approximate surface area is 143 Å². The lowest BCUT2D eigenvalue weighted by atomic mass is 10.1. The lowest BCUT2D eigenvalue weighted by Crippen LogP contribution is -2.15. The van der Waals surface area contributed by atoms with Crippen molar-refractivity contribution in [2.24, 2.45) is 0 Å². The van der Waals surface area contributed by atoms with Gasteiger partial charge in [-0.15, -0.1) is 0 Å². The molecular weight excluding hydrogens is 399 g/mol. The van der Waals surface area contributed by atoms with E-state index in [9.17, 15) is 14.9 Å². The number of nitro groups is 1. The van der Waals surface area contributed by atoms with Gasteiger partial charge in [-0.25, -0.2) is 0 Å². The molecule has 2 N–H and O–H groups in total. The maximum atomic E-state index is 11.1. The van der Waals surface area contributed by atoms with Crippen LogP contribution in [-0.2, 0) is 17.9 Å². The first-order chi connectivity index (χ1) is 10.6. The monoisotopic (exact) mass is 420 g/mol. The van der Waals surface area contributed by atoms with E-state index in [2.05, 4.69) is 27.9 Å². The number of hydrogen-bond acceptors (Lipinski definition) is 5. The Morgan fingerprint density at radius 2 is 2.09 bits per heavy atom. The van der Waals surface area contributed by atoms with Gasteiger partial charge in [0.2, 0.25) is 0 Å². The van der Waals surface area contributed by atoms with Crippen molar-refractivity contribution in [3.05, 3.63) is 39.4 Å². The van der Waals surface area contributed by atoms with Crippen molar-refractivity contribution >= 4 is 34.1 Å². The van der Waals surface area contributed by atoms with Gasteiger partial charge in [-0.05, 0) is 31.0 Å². The Balaban J connectivity index is 2.29. The van der Waals surface area contributed by atoms with Crippen molar-refractivity contribution in [3.8, 4) is 0 Å². The summed E-state index contributed by atoms with van der Waals surface area (Å²) in [7, 11) is 0. The molecule has 1 rings (SSSR count). The van der Waals surface area contributed by atoms with Crippen LogP contribution in [0.1, 0.15) is 36.8 Å². The van der Waals surface area contributed by atoms with Crippen LogP contribution in [0.4, 0.5) is 5.69 Å². The average molecular weight is 420 g/mol. The van der Waals surface area contributed by atoms with Crippen molar-refractivity contribution in [1.82, 2.24) is 5.32 Å². The van der Waals surface area contributed by atoms with E-state index >= 15 is 0 Å². The van der Waals surface area contributed by atoms with Gasteiger partial charge >= 0.3 is 0 Å². The molecule has 6 nitrogen and oxygen atoms in total. The third-order valence-electron chi connectivity index (χ3n) is 3.30. The third kappa shape index (κ3) is 6.80. The first-order valence-electron chi connectivity index (χ1n) is 7.24. The van der Waals surface area contributed by atoms with Gasteiger partial charge in [-0.1, -0.05) is 35.1 Å². The van der Waals surface area contributed by atoms with E-state index in [0.29, 0.717) is 28.7 Å². The van der Waals surface area contributed by atoms with E-state index in [1.165, 1.54) is 6.07 Å². The molecule has 1 aromatic carbocycles. The molecule has 7 heteroatoms. The Kier molecular flexibility index (Phi) is 9.17. The zero-order valence-electron chi connectivity index (χ0n) is 12.4. The summed E-state index contributed by atoms with van der Waals surface area (Å²) in [4.78, 5) is 21.6. The molecule has 22 heavy (non-hydrogen) atoms. The van der Waals surface area contributed by atoms with Crippen LogP contribution in [0.5, 0.6) is 0 Å². The minimum atomic E-state index is -0.473. The predicted molar refractivity (Wildman–Crippen MR) is 93.1 cm³/mol. The molecule has 0 spiro atoms. The molecule has 0 aromatic heterocycles. The zero-order valence-corrected chi connectivity index (χ0v) is 14.5. The second-order valence-electron chi connectivity index (χ2n) is 5.04. The Morgan fingerprint density at radius 3 is 2.73 bits per heavy atom. The number of hydrogen-bond donors (Lipinski definition) is 2. The van der Waals surface area contributed by atoms with E-state index in [1.807, 2.05) is 0 Å². The van der Waals surface area contributed by atoms with Crippen molar-refractivity contribution in [1.29, 1.82) is 0 Å². The average Bonchev–Trinajstić information content (AvgIpc) is 2.53. The van der Waals surface area contributed by atoms with Gasteiger partial charge in [0, 0.05) is 19.0 Å². The molecular formula is C15H21IN2O4. The summed E-state index contributed by atoms with van der Waals surface area (Å²) in [6.07, 6.45) is 3.54. The molecule has 0 aliphatic carbocycles. The van der Waals surface area contributed by atoms with Crippen LogP contribution in [-0.4, -0.2) is 26.8 Å². The van der Waals surface area contributed by atoms with Gasteiger partial charge in [0.15, 0.2) is 0 Å². The van der Waals surface area contributed by atoms with Crippen LogP contribution in [0.25, 0.3) is 0 Å². The number of Topliss-reactive ketones (excluding diaryl/α,β-unsaturated/α-hetero) is 1. The smallest absolute Gasteiger partial charge is 0.275 e. The fraction of sp³-hybridized carbons (Fsp3) is 0.533. The van der Waals surface area contributed by atoms with Crippen LogP contribution in [0.2, 0.25) is 0 Å². The van der Waals surface area contributed by atoms with Crippen LogP contribution >= 0.6 is 22.6 Å². The highest BCUT2D eigenvalue weighted by Gasteiger charge is 2.13. The lowest BCUT2D eigenvalue weighted by Gasteiger charge is -2.06. The van der Waals surface area contributed by atoms with Gasteiger partial charge in [-0.2, -0.15) is 0 Å². The Bertz CT molecular complexity index is 508. The largest absolute Gasteiger partial charge is 0.391 e. The molecule has 0 heterocycles. The number of nitrogens with one attached hydrogen (secondary N) is 1. The van der Waals surface area contributed by atoms with E-state index in [-0.39, 0.29) is 12.3 Å². The molecule has 0 atom stereocenters. The molecule has 0 aliphatic heterocycles. The summed E-state index contributed by atoms with van der Waals surface area (Å²) in [6.45, 7) is 1.03. The number of ketones is 1. The number of benzene rings is 1. The summed E-state index contributed by atoms with van der Waals surface area (Å²) >= 11 is 2.08. The molecule has 0 saturated carbocycles. The second-order valence-corrected chi connectivity index (χ2v) is 5.80. The second kappa shape index (κ2) is 10.6. The Hall–Kier alpha value is -1.06. The molecule has 0 unspecified atom stereocenters. The highest BCUT2D eigenvalue weighted by Crippen LogP contribution is 2.20. The number of unbranched alkanes of at least 4 members (excludes halogenated alkanes) is 2. The standard InChI is InChI=1S/C15H21IN2O4/c16-9-14(20)4-2-1-3-7-17-10-12-5-6-13(11-19)15(8-12)18(21)22/h5-6,8,17,19H,1-4,7,9-11H2. The lowest BCUT2D eigenvalue weighted by molar-refractivity contribution is -0.385. The van der Waals surface area contributed by atoms with Crippen molar-refractivity contribution in [2.75, 3.05) is 11.0 Å². The number of aliphatic hydroxyl groups is 1. The highest BCUT2D eigenvalue weighted by molar-refractivity contribution is 14.1. The van der Waals surface area contributed by atoms with Gasteiger partial charge in [0.1, 0.15) is 5.78 Å². The number of alkyl halides is 1. The minimum Gasteiger partial charge on any atom is -0.391 e. The number of nitrogens with zero attached hydrogens (tertiary/aromatic N) is 1. The van der Waals surface area contributed by atoms with E-state index < -0.39 is 4.92 Å². The maximum Gasteiger partial charge on any atom is 0.275 e. The molecule has 0 saturated heterocycles. The summed E-state index contributed by atoms with van der Waals surface area (Å²) in [5.41, 5.74) is 1.11. The summed E-state index contributed by atoms with van der Waals surface area (Å²) in [5.74, 6) is 0.296. The van der Waals surface area contributed by atoms with Crippen LogP contribution in [0.15, 0.2) is 18.2 Å². The van der Waals surface area contributed by atoms with Crippen molar-refractivity contribution in [3.63, 3.8) is 0 Å². The molecule has 1 aromatic rings. The van der Waals surface area contributed by atoms with Crippen LogP contribution < -0.4 is 5.32 Å². The molecule has 0 bridgehead atoms. The molecule has 0 radical (unpaired) electrons. The number of aliphatic hydroxyl groups excluding tert-OH is 1. The minimum absolute atomic E-state index is 0.0425.